The van der Waals surface area contributed by atoms with Crippen molar-refractivity contribution in [1.82, 2.24) is 15.1 Å². The summed E-state index contributed by atoms with van der Waals surface area (Å²) in [6.45, 7) is 7.19. The first-order valence-electron chi connectivity index (χ1n) is 7.16. The van der Waals surface area contributed by atoms with Crippen LogP contribution in [0.15, 0.2) is 0 Å². The minimum atomic E-state index is -0.166. The van der Waals surface area contributed by atoms with E-state index < -0.39 is 0 Å². The maximum Gasteiger partial charge on any atom is 0.229 e. The molecule has 0 aromatic rings. The molecule has 0 aliphatic carbocycles. The molecule has 0 spiro atoms. The number of likely N-dealkylation sites (tertiary alicyclic amines) is 1. The number of nitrogens with zero attached hydrogens (tertiary/aromatic N) is 2. The zero-order valence-electron chi connectivity index (χ0n) is 12.0. The number of hydrogen-bond donors (Lipinski definition) is 1. The fourth-order valence-corrected chi connectivity index (χ4v) is 3.18. The van der Waals surface area contributed by atoms with Crippen molar-refractivity contribution in [1.29, 1.82) is 0 Å². The van der Waals surface area contributed by atoms with Gasteiger partial charge in [0.15, 0.2) is 0 Å². The van der Waals surface area contributed by atoms with Crippen molar-refractivity contribution >= 4 is 5.91 Å². The van der Waals surface area contributed by atoms with E-state index in [1.807, 2.05) is 11.9 Å². The predicted octanol–water partition coefficient (Wildman–Crippen LogP) is 0.786. The summed E-state index contributed by atoms with van der Waals surface area (Å²) in [6.07, 6.45) is 3.43. The van der Waals surface area contributed by atoms with E-state index >= 15 is 0 Å². The highest BCUT2D eigenvalue weighted by atomic mass is 16.2. The first-order valence-corrected chi connectivity index (χ1v) is 7.16. The van der Waals surface area contributed by atoms with Gasteiger partial charge in [0.1, 0.15) is 0 Å². The Labute approximate surface area is 111 Å². The molecule has 2 fully saturated rings. The van der Waals surface area contributed by atoms with Gasteiger partial charge in [0.05, 0.1) is 5.41 Å². The first-order chi connectivity index (χ1) is 8.51. The van der Waals surface area contributed by atoms with E-state index in [0.29, 0.717) is 11.8 Å². The van der Waals surface area contributed by atoms with E-state index in [1.54, 1.807) is 0 Å². The van der Waals surface area contributed by atoms with Crippen molar-refractivity contribution in [3.05, 3.63) is 0 Å². The molecule has 0 radical (unpaired) electrons. The standard InChI is InChI=1S/C14H27N3O/c1-14(6-7-15-11-14)13(18)17(3)10-12-4-8-16(2)9-5-12/h12,15H,4-11H2,1-3H3. The summed E-state index contributed by atoms with van der Waals surface area (Å²) < 4.78 is 0. The van der Waals surface area contributed by atoms with Crippen LogP contribution in [0.1, 0.15) is 26.2 Å². The molecule has 0 saturated carbocycles. The van der Waals surface area contributed by atoms with Gasteiger partial charge in [0, 0.05) is 20.1 Å². The first kappa shape index (κ1) is 13.8. The summed E-state index contributed by atoms with van der Waals surface area (Å²) in [5.74, 6) is 1.01. The zero-order chi connectivity index (χ0) is 13.2. The average Bonchev–Trinajstić information content (AvgIpc) is 2.79. The van der Waals surface area contributed by atoms with Crippen LogP contribution in [0.5, 0.6) is 0 Å². The summed E-state index contributed by atoms with van der Waals surface area (Å²) in [5.41, 5.74) is -0.166. The lowest BCUT2D eigenvalue weighted by Crippen LogP contribution is -2.45. The molecule has 2 rings (SSSR count). The van der Waals surface area contributed by atoms with Crippen molar-refractivity contribution in [3.63, 3.8) is 0 Å². The van der Waals surface area contributed by atoms with E-state index in [-0.39, 0.29) is 5.41 Å². The fourth-order valence-electron chi connectivity index (χ4n) is 3.18. The smallest absolute Gasteiger partial charge is 0.229 e. The van der Waals surface area contributed by atoms with E-state index in [9.17, 15) is 4.79 Å². The Morgan fingerprint density at radius 1 is 1.44 bits per heavy atom. The number of carbonyl (C=O) groups is 1. The molecule has 4 heteroatoms. The molecular formula is C14H27N3O. The minimum Gasteiger partial charge on any atom is -0.345 e. The zero-order valence-corrected chi connectivity index (χ0v) is 12.0. The maximum atomic E-state index is 12.5. The Morgan fingerprint density at radius 2 is 2.11 bits per heavy atom. The molecule has 4 nitrogen and oxygen atoms in total. The van der Waals surface area contributed by atoms with Crippen molar-refractivity contribution < 1.29 is 4.79 Å². The summed E-state index contributed by atoms with van der Waals surface area (Å²) >= 11 is 0. The van der Waals surface area contributed by atoms with Crippen LogP contribution < -0.4 is 5.32 Å². The SMILES string of the molecule is CN1CCC(CN(C)C(=O)C2(C)CCNC2)CC1. The molecule has 18 heavy (non-hydrogen) atoms. The van der Waals surface area contributed by atoms with Crippen molar-refractivity contribution in [2.24, 2.45) is 11.3 Å². The molecule has 2 heterocycles. The quantitative estimate of drug-likeness (QED) is 0.807. The number of amides is 1. The van der Waals surface area contributed by atoms with Crippen LogP contribution in [-0.4, -0.2) is 62.5 Å². The highest BCUT2D eigenvalue weighted by molar-refractivity contribution is 5.82. The third-order valence-corrected chi connectivity index (χ3v) is 4.60. The molecule has 2 aliphatic rings. The lowest BCUT2D eigenvalue weighted by atomic mass is 9.87. The van der Waals surface area contributed by atoms with Gasteiger partial charge >= 0.3 is 0 Å². The molecule has 1 atom stereocenters. The van der Waals surface area contributed by atoms with Crippen LogP contribution in [0.4, 0.5) is 0 Å². The van der Waals surface area contributed by atoms with Crippen LogP contribution in [-0.2, 0) is 4.79 Å². The van der Waals surface area contributed by atoms with Crippen LogP contribution in [0.3, 0.4) is 0 Å². The Kier molecular flexibility index (Phi) is 4.28. The van der Waals surface area contributed by atoms with E-state index in [4.69, 9.17) is 0 Å². The molecule has 2 saturated heterocycles. The minimum absolute atomic E-state index is 0.166. The third kappa shape index (κ3) is 3.04. The summed E-state index contributed by atoms with van der Waals surface area (Å²) in [6, 6.07) is 0. The van der Waals surface area contributed by atoms with Gasteiger partial charge in [-0.25, -0.2) is 0 Å². The number of nitrogens with one attached hydrogen (secondary N) is 1. The number of carbonyl (C=O) groups excluding carboxylic acids is 1. The maximum absolute atomic E-state index is 12.5. The summed E-state index contributed by atoms with van der Waals surface area (Å²) in [7, 11) is 4.15. The molecule has 1 N–H and O–H groups in total. The van der Waals surface area contributed by atoms with Crippen molar-refractivity contribution in [2.75, 3.05) is 46.8 Å². The molecule has 0 aromatic heterocycles. The van der Waals surface area contributed by atoms with Crippen LogP contribution in [0, 0.1) is 11.3 Å². The second kappa shape index (κ2) is 5.57. The molecule has 0 aromatic carbocycles. The highest BCUT2D eigenvalue weighted by Gasteiger charge is 2.38. The second-order valence-corrected chi connectivity index (χ2v) is 6.42. The lowest BCUT2D eigenvalue weighted by molar-refractivity contribution is -0.139. The highest BCUT2D eigenvalue weighted by Crippen LogP contribution is 2.27. The van der Waals surface area contributed by atoms with Gasteiger partial charge in [-0.1, -0.05) is 0 Å². The Hall–Kier alpha value is -0.610. The molecule has 0 bridgehead atoms. The van der Waals surface area contributed by atoms with Gasteiger partial charge in [-0.05, 0) is 58.8 Å². The molecule has 1 unspecified atom stereocenters. The van der Waals surface area contributed by atoms with Gasteiger partial charge in [-0.2, -0.15) is 0 Å². The van der Waals surface area contributed by atoms with Gasteiger partial charge in [0.25, 0.3) is 0 Å². The second-order valence-electron chi connectivity index (χ2n) is 6.42. The van der Waals surface area contributed by atoms with Gasteiger partial charge in [-0.15, -0.1) is 0 Å². The molecule has 1 amide bonds. The van der Waals surface area contributed by atoms with E-state index in [0.717, 1.165) is 26.1 Å². The number of rotatable bonds is 3. The van der Waals surface area contributed by atoms with Crippen LogP contribution in [0.25, 0.3) is 0 Å². The molecule has 2 aliphatic heterocycles. The Morgan fingerprint density at radius 3 is 2.67 bits per heavy atom. The normalized spacial score (nSPS) is 30.6. The van der Waals surface area contributed by atoms with E-state index in [2.05, 4.69) is 24.2 Å². The predicted molar refractivity (Wildman–Crippen MR) is 73.5 cm³/mol. The average molecular weight is 253 g/mol. The van der Waals surface area contributed by atoms with Crippen molar-refractivity contribution in [2.45, 2.75) is 26.2 Å². The molecular weight excluding hydrogens is 226 g/mol. The van der Waals surface area contributed by atoms with Gasteiger partial charge in [0.2, 0.25) is 5.91 Å². The Bertz CT molecular complexity index is 291. The Balaban J connectivity index is 1.84. The van der Waals surface area contributed by atoms with Crippen molar-refractivity contribution in [3.8, 4) is 0 Å². The lowest BCUT2D eigenvalue weighted by Gasteiger charge is -2.34. The summed E-state index contributed by atoms with van der Waals surface area (Å²) in [5, 5.41) is 3.30. The third-order valence-electron chi connectivity index (χ3n) is 4.60. The van der Waals surface area contributed by atoms with Crippen LogP contribution in [0.2, 0.25) is 0 Å². The number of hydrogen-bond acceptors (Lipinski definition) is 3. The van der Waals surface area contributed by atoms with Gasteiger partial charge in [-0.3, -0.25) is 4.79 Å². The topological polar surface area (TPSA) is 35.6 Å². The monoisotopic (exact) mass is 253 g/mol. The number of piperidine rings is 1. The van der Waals surface area contributed by atoms with Crippen LogP contribution >= 0.6 is 0 Å². The largest absolute Gasteiger partial charge is 0.345 e. The van der Waals surface area contributed by atoms with E-state index in [1.165, 1.54) is 25.9 Å². The summed E-state index contributed by atoms with van der Waals surface area (Å²) in [4.78, 5) is 16.8. The van der Waals surface area contributed by atoms with Gasteiger partial charge < -0.3 is 15.1 Å². The fraction of sp³-hybridized carbons (Fsp3) is 0.929. The molecule has 104 valence electrons.